The largest absolute Gasteiger partial charge is 0.342 e. The Bertz CT molecular complexity index is 1420. The van der Waals surface area contributed by atoms with Crippen molar-refractivity contribution in [1.29, 1.82) is 0 Å². The second-order valence-electron chi connectivity index (χ2n) is 12.0. The van der Waals surface area contributed by atoms with E-state index in [1.807, 2.05) is 0 Å². The van der Waals surface area contributed by atoms with Crippen molar-refractivity contribution in [3.05, 3.63) is 102 Å². The lowest BCUT2D eigenvalue weighted by molar-refractivity contribution is -0.412. The number of allylic oxidation sites excluding steroid dienone is 2. The van der Waals surface area contributed by atoms with Gasteiger partial charge in [0.15, 0.2) is 0 Å². The van der Waals surface area contributed by atoms with Gasteiger partial charge in [-0.3, -0.25) is 0 Å². The topological polar surface area (TPSA) is 3.24 Å². The van der Waals surface area contributed by atoms with Gasteiger partial charge in [0.2, 0.25) is 0 Å². The lowest BCUT2D eigenvalue weighted by atomic mass is 9.11. The van der Waals surface area contributed by atoms with Gasteiger partial charge >= 0.3 is 0 Å². The standard InChI is InChI=1S/C35H35N/c1-4-6-9-22(3)36(5-2)27-15-12-23(13-16-27)24-14-17-29-28-10-7-8-11-30(28)35(31(29)18-24)32-20-25-19-26-21-33(35)34(25,26)32/h6-18,25-26,32-33H,3-5,19-21H2,1-2H3/b9-6-. The van der Waals surface area contributed by atoms with Gasteiger partial charge < -0.3 is 4.90 Å². The molecular weight excluding hydrogens is 434 g/mol. The fraction of sp³-hybridized carbons (Fsp3) is 0.371. The van der Waals surface area contributed by atoms with Gasteiger partial charge in [-0.15, -0.1) is 0 Å². The molecule has 1 heteroatoms. The summed E-state index contributed by atoms with van der Waals surface area (Å²) in [5, 5.41) is 0. The van der Waals surface area contributed by atoms with Gasteiger partial charge in [0.05, 0.1) is 0 Å². The van der Waals surface area contributed by atoms with Crippen LogP contribution in [0.1, 0.15) is 50.7 Å². The zero-order chi connectivity index (χ0) is 24.2. The van der Waals surface area contributed by atoms with Crippen LogP contribution in [-0.2, 0) is 5.41 Å². The predicted molar refractivity (Wildman–Crippen MR) is 150 cm³/mol. The molecule has 3 aromatic rings. The minimum atomic E-state index is 0.289. The number of rotatable bonds is 6. The van der Waals surface area contributed by atoms with Crippen LogP contribution in [0, 0.1) is 29.1 Å². The fourth-order valence-corrected chi connectivity index (χ4v) is 9.87. The van der Waals surface area contributed by atoms with Crippen LogP contribution in [0.2, 0.25) is 0 Å². The third-order valence-corrected chi connectivity index (χ3v) is 11.2. The smallest absolute Gasteiger partial charge is 0.0410 e. The van der Waals surface area contributed by atoms with Crippen molar-refractivity contribution in [3.8, 4) is 22.3 Å². The minimum absolute atomic E-state index is 0.289. The first kappa shape index (κ1) is 21.1. The molecule has 2 spiro atoms. The maximum atomic E-state index is 4.30. The van der Waals surface area contributed by atoms with E-state index in [4.69, 9.17) is 0 Å². The van der Waals surface area contributed by atoms with Crippen LogP contribution < -0.4 is 4.90 Å². The van der Waals surface area contributed by atoms with Gasteiger partial charge in [0.25, 0.3) is 0 Å². The summed E-state index contributed by atoms with van der Waals surface area (Å²) >= 11 is 0. The highest BCUT2D eigenvalue weighted by molar-refractivity contribution is 5.86. The highest BCUT2D eigenvalue weighted by atomic mass is 15.1. The molecule has 1 nitrogen and oxygen atoms in total. The van der Waals surface area contributed by atoms with E-state index in [-0.39, 0.29) is 5.41 Å². The zero-order valence-electron chi connectivity index (χ0n) is 21.5. The highest BCUT2D eigenvalue weighted by Crippen LogP contribution is 2.94. The lowest BCUT2D eigenvalue weighted by Crippen LogP contribution is -2.88. The molecular formula is C35H35N. The van der Waals surface area contributed by atoms with Gasteiger partial charge in [0, 0.05) is 23.3 Å². The Hall–Kier alpha value is -3.06. The van der Waals surface area contributed by atoms with Crippen LogP contribution in [-0.4, -0.2) is 6.54 Å². The van der Waals surface area contributed by atoms with Crippen molar-refractivity contribution in [3.63, 3.8) is 0 Å². The second-order valence-corrected chi connectivity index (χ2v) is 12.0. The zero-order valence-corrected chi connectivity index (χ0v) is 21.5. The van der Waals surface area contributed by atoms with Crippen molar-refractivity contribution < 1.29 is 0 Å². The molecule has 36 heavy (non-hydrogen) atoms. The lowest BCUT2D eigenvalue weighted by Gasteiger charge is -2.92. The molecule has 3 aromatic carbocycles. The van der Waals surface area contributed by atoms with E-state index in [9.17, 15) is 0 Å². The van der Waals surface area contributed by atoms with Gasteiger partial charge in [-0.2, -0.15) is 0 Å². The number of hydrogen-bond donors (Lipinski definition) is 0. The summed E-state index contributed by atoms with van der Waals surface area (Å²) in [6, 6.07) is 25.9. The predicted octanol–water partition coefficient (Wildman–Crippen LogP) is 8.60. The Balaban J connectivity index is 1.18. The van der Waals surface area contributed by atoms with E-state index >= 15 is 0 Å². The first-order valence-corrected chi connectivity index (χ1v) is 14.1. The van der Waals surface area contributed by atoms with E-state index in [2.05, 4.69) is 104 Å². The summed E-state index contributed by atoms with van der Waals surface area (Å²) < 4.78 is 0. The molecule has 0 saturated heterocycles. The average molecular weight is 470 g/mol. The third-order valence-electron chi connectivity index (χ3n) is 11.2. The molecule has 0 radical (unpaired) electrons. The number of benzene rings is 3. The summed E-state index contributed by atoms with van der Waals surface area (Å²) in [5.41, 5.74) is 12.3. The number of fused-ring (bicyclic) bond motifs is 7. The monoisotopic (exact) mass is 469 g/mol. The van der Waals surface area contributed by atoms with Crippen molar-refractivity contribution in [2.24, 2.45) is 29.1 Å². The minimum Gasteiger partial charge on any atom is -0.342 e. The van der Waals surface area contributed by atoms with E-state index in [1.54, 1.807) is 11.1 Å². The fourth-order valence-electron chi connectivity index (χ4n) is 9.87. The molecule has 0 amide bonds. The third kappa shape index (κ3) is 2.17. The highest BCUT2D eigenvalue weighted by Gasteiger charge is 2.90. The Labute approximate surface area is 215 Å². The molecule has 5 aliphatic carbocycles. The summed E-state index contributed by atoms with van der Waals surface area (Å²) in [6.07, 6.45) is 9.80. The maximum absolute atomic E-state index is 4.30. The second kappa shape index (κ2) is 7.03. The van der Waals surface area contributed by atoms with Crippen LogP contribution in [0.25, 0.3) is 22.3 Å². The molecule has 5 aliphatic rings. The summed E-state index contributed by atoms with van der Waals surface area (Å²) in [5.74, 6) is 3.86. The van der Waals surface area contributed by atoms with E-state index in [0.29, 0.717) is 0 Å². The van der Waals surface area contributed by atoms with Gasteiger partial charge in [-0.05, 0) is 119 Å². The summed E-state index contributed by atoms with van der Waals surface area (Å²) in [6.45, 7) is 9.57. The molecule has 0 bridgehead atoms. The van der Waals surface area contributed by atoms with Crippen LogP contribution in [0.4, 0.5) is 5.69 Å². The van der Waals surface area contributed by atoms with Crippen LogP contribution in [0.5, 0.6) is 0 Å². The first-order chi connectivity index (χ1) is 17.6. The Morgan fingerprint density at radius 1 is 0.861 bits per heavy atom. The number of anilines is 1. The summed E-state index contributed by atoms with van der Waals surface area (Å²) in [4.78, 5) is 2.29. The molecule has 4 atom stereocenters. The summed E-state index contributed by atoms with van der Waals surface area (Å²) in [7, 11) is 0. The van der Waals surface area contributed by atoms with Gasteiger partial charge in [-0.25, -0.2) is 0 Å². The van der Waals surface area contributed by atoms with Crippen LogP contribution in [0.15, 0.2) is 91.2 Å². The first-order valence-electron chi connectivity index (χ1n) is 14.1. The quantitative estimate of drug-likeness (QED) is 0.327. The Kier molecular flexibility index (Phi) is 4.11. The van der Waals surface area contributed by atoms with Crippen molar-refractivity contribution >= 4 is 5.69 Å². The van der Waals surface area contributed by atoms with Crippen molar-refractivity contribution in [2.45, 2.75) is 44.9 Å². The van der Waals surface area contributed by atoms with Crippen LogP contribution >= 0.6 is 0 Å². The average Bonchev–Trinajstić information content (AvgIpc) is 3.16. The van der Waals surface area contributed by atoms with E-state index < -0.39 is 0 Å². The Morgan fingerprint density at radius 2 is 1.56 bits per heavy atom. The molecule has 4 saturated carbocycles. The molecule has 0 heterocycles. The number of likely N-dealkylation sites (N-methyl/N-ethyl adjacent to an activating group) is 1. The number of hydrogen-bond acceptors (Lipinski definition) is 1. The molecule has 0 aromatic heterocycles. The van der Waals surface area contributed by atoms with E-state index in [1.165, 1.54) is 47.2 Å². The SMILES string of the molecule is C=C(/C=C\CC)N(CC)c1ccc(-c2ccc3c(c2)C2(c4ccccc4-3)C3CC4CC5CC2C453)cc1. The molecule has 4 fully saturated rings. The molecule has 0 aliphatic heterocycles. The molecule has 8 rings (SSSR count). The maximum Gasteiger partial charge on any atom is 0.0410 e. The number of nitrogens with zero attached hydrogens (tertiary/aromatic N) is 1. The normalized spacial score (nSPS) is 33.4. The van der Waals surface area contributed by atoms with Gasteiger partial charge in [0.1, 0.15) is 0 Å². The molecule has 4 unspecified atom stereocenters. The van der Waals surface area contributed by atoms with Crippen molar-refractivity contribution in [1.82, 2.24) is 0 Å². The van der Waals surface area contributed by atoms with E-state index in [0.717, 1.165) is 47.7 Å². The molecule has 0 N–H and O–H groups in total. The van der Waals surface area contributed by atoms with Gasteiger partial charge in [-0.1, -0.05) is 68.1 Å². The molecule has 180 valence electrons. The van der Waals surface area contributed by atoms with Crippen molar-refractivity contribution in [2.75, 3.05) is 11.4 Å². The van der Waals surface area contributed by atoms with Crippen LogP contribution in [0.3, 0.4) is 0 Å². The Morgan fingerprint density at radius 3 is 2.25 bits per heavy atom.